The maximum absolute atomic E-state index is 12.3. The highest BCUT2D eigenvalue weighted by molar-refractivity contribution is 7.89. The highest BCUT2D eigenvalue weighted by atomic mass is 32.2. The van der Waals surface area contributed by atoms with Crippen molar-refractivity contribution in [2.45, 2.75) is 38.6 Å². The van der Waals surface area contributed by atoms with Gasteiger partial charge in [-0.05, 0) is 44.9 Å². The van der Waals surface area contributed by atoms with Crippen LogP contribution in [0.15, 0.2) is 35.4 Å². The third-order valence-corrected chi connectivity index (χ3v) is 5.01. The Kier molecular flexibility index (Phi) is 4.80. The molecule has 0 fully saturated rings. The van der Waals surface area contributed by atoms with E-state index in [9.17, 15) is 8.42 Å². The summed E-state index contributed by atoms with van der Waals surface area (Å²) in [6.45, 7) is 6.84. The van der Waals surface area contributed by atoms with Gasteiger partial charge in [0.05, 0.1) is 4.90 Å². The zero-order valence-corrected chi connectivity index (χ0v) is 13.4. The van der Waals surface area contributed by atoms with Crippen LogP contribution in [0.1, 0.15) is 23.2 Å². The first kappa shape index (κ1) is 15.7. The van der Waals surface area contributed by atoms with E-state index in [1.54, 1.807) is 12.3 Å². The van der Waals surface area contributed by atoms with Crippen molar-refractivity contribution in [1.82, 2.24) is 14.5 Å². The van der Waals surface area contributed by atoms with Crippen LogP contribution in [-0.2, 0) is 16.6 Å². The maximum atomic E-state index is 12.3. The molecule has 0 atom stereocenters. The lowest BCUT2D eigenvalue weighted by Gasteiger charge is -2.10. The summed E-state index contributed by atoms with van der Waals surface area (Å²) in [6.07, 6.45) is 2.45. The quantitative estimate of drug-likeness (QED) is 0.832. The van der Waals surface area contributed by atoms with E-state index in [4.69, 9.17) is 0 Å². The number of nitrogens with one attached hydrogen (secondary N) is 1. The van der Waals surface area contributed by atoms with Crippen LogP contribution in [0, 0.1) is 20.8 Å². The van der Waals surface area contributed by atoms with E-state index in [2.05, 4.69) is 9.82 Å². The van der Waals surface area contributed by atoms with E-state index < -0.39 is 10.0 Å². The molecule has 5 nitrogen and oxygen atoms in total. The molecule has 1 aromatic heterocycles. The Bertz CT molecular complexity index is 720. The summed E-state index contributed by atoms with van der Waals surface area (Å²) < 4.78 is 29.0. The Morgan fingerprint density at radius 2 is 1.95 bits per heavy atom. The number of nitrogens with zero attached hydrogens (tertiary/aromatic N) is 2. The van der Waals surface area contributed by atoms with Gasteiger partial charge in [0.2, 0.25) is 10.0 Å². The number of hydrogen-bond acceptors (Lipinski definition) is 3. The fourth-order valence-electron chi connectivity index (χ4n) is 2.25. The zero-order chi connectivity index (χ0) is 15.5. The molecule has 1 aromatic carbocycles. The van der Waals surface area contributed by atoms with Gasteiger partial charge in [0.25, 0.3) is 0 Å². The number of hydrogen-bond donors (Lipinski definition) is 1. The fourth-order valence-corrected chi connectivity index (χ4v) is 3.55. The largest absolute Gasteiger partial charge is 0.270 e. The maximum Gasteiger partial charge on any atom is 0.240 e. The monoisotopic (exact) mass is 307 g/mol. The Hall–Kier alpha value is -1.66. The van der Waals surface area contributed by atoms with Gasteiger partial charge in [-0.3, -0.25) is 4.68 Å². The standard InChI is InChI=1S/C15H21N3O2S/c1-12-5-6-15(13(2)11-12)21(19,20)17-8-4-10-18-14(3)7-9-16-18/h5-7,9,11,17H,4,8,10H2,1-3H3. The first-order valence-corrected chi connectivity index (χ1v) is 8.44. The Morgan fingerprint density at radius 3 is 2.57 bits per heavy atom. The molecule has 6 heteroatoms. The summed E-state index contributed by atoms with van der Waals surface area (Å²) in [6, 6.07) is 7.28. The molecular formula is C15H21N3O2S. The van der Waals surface area contributed by atoms with Crippen molar-refractivity contribution < 1.29 is 8.42 Å². The third-order valence-electron chi connectivity index (χ3n) is 3.39. The molecule has 0 unspecified atom stereocenters. The average molecular weight is 307 g/mol. The molecule has 0 spiro atoms. The predicted molar refractivity (Wildman–Crippen MR) is 82.7 cm³/mol. The first-order chi connectivity index (χ1) is 9.90. The van der Waals surface area contributed by atoms with Gasteiger partial charge in [0.1, 0.15) is 0 Å². The van der Waals surface area contributed by atoms with Crippen LogP contribution in [0.3, 0.4) is 0 Å². The van der Waals surface area contributed by atoms with Crippen LogP contribution < -0.4 is 4.72 Å². The summed E-state index contributed by atoms with van der Waals surface area (Å²) in [5.74, 6) is 0. The average Bonchev–Trinajstić information content (AvgIpc) is 2.80. The van der Waals surface area contributed by atoms with Crippen molar-refractivity contribution >= 4 is 10.0 Å². The number of aromatic nitrogens is 2. The lowest BCUT2D eigenvalue weighted by molar-refractivity contribution is 0.546. The number of rotatable bonds is 6. The molecule has 0 amide bonds. The zero-order valence-electron chi connectivity index (χ0n) is 12.6. The van der Waals surface area contributed by atoms with Crippen molar-refractivity contribution in [2.24, 2.45) is 0 Å². The van der Waals surface area contributed by atoms with Crippen molar-refractivity contribution in [2.75, 3.05) is 6.54 Å². The van der Waals surface area contributed by atoms with Gasteiger partial charge in [0.15, 0.2) is 0 Å². The molecule has 2 aromatic rings. The van der Waals surface area contributed by atoms with Gasteiger partial charge in [0, 0.05) is 25.0 Å². The van der Waals surface area contributed by atoms with E-state index in [0.717, 1.165) is 16.8 Å². The number of aryl methyl sites for hydroxylation is 4. The van der Waals surface area contributed by atoms with Crippen LogP contribution >= 0.6 is 0 Å². The molecule has 0 saturated heterocycles. The van der Waals surface area contributed by atoms with Gasteiger partial charge in [-0.25, -0.2) is 13.1 Å². The van der Waals surface area contributed by atoms with E-state index in [0.29, 0.717) is 24.4 Å². The second-order valence-corrected chi connectivity index (χ2v) is 6.95. The first-order valence-electron chi connectivity index (χ1n) is 6.95. The summed E-state index contributed by atoms with van der Waals surface area (Å²) in [7, 11) is -3.44. The SMILES string of the molecule is Cc1ccc(S(=O)(=O)NCCCn2nccc2C)c(C)c1. The van der Waals surface area contributed by atoms with Crippen LogP contribution in [-0.4, -0.2) is 24.7 Å². The van der Waals surface area contributed by atoms with Crippen LogP contribution in [0.25, 0.3) is 0 Å². The second kappa shape index (κ2) is 6.41. The van der Waals surface area contributed by atoms with Crippen molar-refractivity contribution in [3.8, 4) is 0 Å². The number of benzene rings is 1. The van der Waals surface area contributed by atoms with Crippen LogP contribution in [0.5, 0.6) is 0 Å². The van der Waals surface area contributed by atoms with Crippen molar-refractivity contribution in [3.05, 3.63) is 47.3 Å². The van der Waals surface area contributed by atoms with Crippen LogP contribution in [0.2, 0.25) is 0 Å². The van der Waals surface area contributed by atoms with Gasteiger partial charge in [-0.2, -0.15) is 5.10 Å². The summed E-state index contributed by atoms with van der Waals surface area (Å²) in [4.78, 5) is 0.350. The van der Waals surface area contributed by atoms with Gasteiger partial charge >= 0.3 is 0 Å². The molecule has 0 aliphatic heterocycles. The molecule has 0 radical (unpaired) electrons. The van der Waals surface area contributed by atoms with E-state index in [1.165, 1.54) is 0 Å². The molecule has 0 aliphatic rings. The molecule has 1 heterocycles. The smallest absolute Gasteiger partial charge is 0.240 e. The summed E-state index contributed by atoms with van der Waals surface area (Å²) in [5.41, 5.74) is 2.90. The van der Waals surface area contributed by atoms with E-state index in [1.807, 2.05) is 43.7 Å². The molecule has 0 saturated carbocycles. The molecule has 21 heavy (non-hydrogen) atoms. The lowest BCUT2D eigenvalue weighted by Crippen LogP contribution is -2.26. The molecule has 0 aliphatic carbocycles. The Labute approximate surface area is 126 Å². The summed E-state index contributed by atoms with van der Waals surface area (Å²) >= 11 is 0. The van der Waals surface area contributed by atoms with E-state index >= 15 is 0 Å². The van der Waals surface area contributed by atoms with Gasteiger partial charge < -0.3 is 0 Å². The Balaban J connectivity index is 1.94. The Morgan fingerprint density at radius 1 is 1.19 bits per heavy atom. The highest BCUT2D eigenvalue weighted by Crippen LogP contribution is 2.16. The predicted octanol–water partition coefficient (Wildman–Crippen LogP) is 2.18. The molecule has 0 bridgehead atoms. The third kappa shape index (κ3) is 3.92. The lowest BCUT2D eigenvalue weighted by atomic mass is 10.2. The molecule has 1 N–H and O–H groups in total. The van der Waals surface area contributed by atoms with Crippen LogP contribution in [0.4, 0.5) is 0 Å². The minimum absolute atomic E-state index is 0.350. The molecular weight excluding hydrogens is 286 g/mol. The minimum Gasteiger partial charge on any atom is -0.270 e. The molecule has 114 valence electrons. The fraction of sp³-hybridized carbons (Fsp3) is 0.400. The molecule has 2 rings (SSSR count). The van der Waals surface area contributed by atoms with Crippen molar-refractivity contribution in [3.63, 3.8) is 0 Å². The second-order valence-electron chi connectivity index (χ2n) is 5.22. The van der Waals surface area contributed by atoms with Gasteiger partial charge in [-0.1, -0.05) is 17.7 Å². The number of sulfonamides is 1. The minimum atomic E-state index is -3.44. The van der Waals surface area contributed by atoms with Crippen molar-refractivity contribution in [1.29, 1.82) is 0 Å². The topological polar surface area (TPSA) is 64.0 Å². The van der Waals surface area contributed by atoms with E-state index in [-0.39, 0.29) is 0 Å². The highest BCUT2D eigenvalue weighted by Gasteiger charge is 2.15. The normalized spacial score (nSPS) is 11.8. The van der Waals surface area contributed by atoms with Gasteiger partial charge in [-0.15, -0.1) is 0 Å². The summed E-state index contributed by atoms with van der Waals surface area (Å²) in [5, 5.41) is 4.17.